The highest BCUT2D eigenvalue weighted by Crippen LogP contribution is 2.48. The van der Waals surface area contributed by atoms with Crippen LogP contribution in [0.3, 0.4) is 0 Å². The molecular formula is C11H23NO4P+. The second-order valence-corrected chi connectivity index (χ2v) is 7.04. The van der Waals surface area contributed by atoms with E-state index in [9.17, 15) is 9.36 Å². The summed E-state index contributed by atoms with van der Waals surface area (Å²) in [5.41, 5.74) is 0.218. The minimum atomic E-state index is -3.35. The van der Waals surface area contributed by atoms with Crippen molar-refractivity contribution in [1.82, 2.24) is 0 Å². The van der Waals surface area contributed by atoms with E-state index in [0.717, 1.165) is 0 Å². The van der Waals surface area contributed by atoms with Crippen LogP contribution in [0, 0.1) is 0 Å². The molecule has 0 saturated heterocycles. The summed E-state index contributed by atoms with van der Waals surface area (Å²) in [6.07, 6.45) is 0.212. The van der Waals surface area contributed by atoms with Gasteiger partial charge in [0.15, 0.2) is 0 Å². The minimum Gasteiger partial charge on any atom is -0.388 e. The molecule has 0 aromatic rings. The molecule has 0 aliphatic heterocycles. The van der Waals surface area contributed by atoms with Gasteiger partial charge < -0.3 is 9.01 Å². The number of quaternary nitrogens is 1. The molecule has 0 spiro atoms. The van der Waals surface area contributed by atoms with Gasteiger partial charge in [0.2, 0.25) is 0 Å². The third-order valence-electron chi connectivity index (χ3n) is 1.94. The first kappa shape index (κ1) is 16.4. The first-order valence-corrected chi connectivity index (χ1v) is 7.26. The summed E-state index contributed by atoms with van der Waals surface area (Å²) in [5, 5.41) is 0. The predicted molar refractivity (Wildman–Crippen MR) is 67.9 cm³/mol. The lowest BCUT2D eigenvalue weighted by Crippen LogP contribution is -2.37. The number of nitrogens with zero attached hydrogens (tertiary/aromatic N) is 1. The van der Waals surface area contributed by atoms with E-state index in [1.54, 1.807) is 6.92 Å². The maximum atomic E-state index is 12.3. The van der Waals surface area contributed by atoms with E-state index in [-0.39, 0.29) is 18.3 Å². The van der Waals surface area contributed by atoms with E-state index in [4.69, 9.17) is 9.05 Å². The third kappa shape index (κ3) is 7.31. The van der Waals surface area contributed by atoms with Gasteiger partial charge in [0, 0.05) is 5.57 Å². The summed E-state index contributed by atoms with van der Waals surface area (Å²) in [6.45, 7) is 7.53. The Balaban J connectivity index is 4.62. The highest BCUT2D eigenvalue weighted by Gasteiger charge is 2.31. The predicted octanol–water partition coefficient (Wildman–Crippen LogP) is 2.04. The van der Waals surface area contributed by atoms with Crippen LogP contribution >= 0.6 is 7.60 Å². The van der Waals surface area contributed by atoms with E-state index < -0.39 is 13.6 Å². The van der Waals surface area contributed by atoms with Gasteiger partial charge in [0.1, 0.15) is 6.16 Å². The van der Waals surface area contributed by atoms with Crippen LogP contribution in [0.5, 0.6) is 0 Å². The molecule has 0 saturated carbocycles. The summed E-state index contributed by atoms with van der Waals surface area (Å²) in [5.74, 6) is -0.664. The van der Waals surface area contributed by atoms with Crippen molar-refractivity contribution in [3.05, 3.63) is 12.2 Å². The minimum absolute atomic E-state index is 0.212. The fourth-order valence-electron chi connectivity index (χ4n) is 0.960. The van der Waals surface area contributed by atoms with Crippen LogP contribution in [0.1, 0.15) is 13.8 Å². The molecule has 5 nitrogen and oxygen atoms in total. The van der Waals surface area contributed by atoms with E-state index in [2.05, 4.69) is 6.58 Å². The van der Waals surface area contributed by atoms with Crippen LogP contribution in [0.25, 0.3) is 0 Å². The fourth-order valence-corrected chi connectivity index (χ4v) is 2.88. The van der Waals surface area contributed by atoms with Gasteiger partial charge in [-0.25, -0.2) is 9.36 Å². The SMILES string of the molecule is C=C(C)C(=O)OP(=O)(CC[N+](C)(C)C)OCC. The molecule has 0 fully saturated rings. The zero-order chi connectivity index (χ0) is 13.7. The zero-order valence-corrected chi connectivity index (χ0v) is 12.3. The average molecular weight is 264 g/mol. The van der Waals surface area contributed by atoms with Crippen molar-refractivity contribution in [2.75, 3.05) is 40.5 Å². The summed E-state index contributed by atoms with van der Waals surface area (Å²) in [7, 11) is 2.56. The molecule has 6 heteroatoms. The summed E-state index contributed by atoms with van der Waals surface area (Å²) in [4.78, 5) is 11.4. The zero-order valence-electron chi connectivity index (χ0n) is 11.4. The number of hydrogen-bond donors (Lipinski definition) is 0. The topological polar surface area (TPSA) is 52.6 Å². The van der Waals surface area contributed by atoms with Gasteiger partial charge in [0.05, 0.1) is 34.3 Å². The van der Waals surface area contributed by atoms with Crippen molar-refractivity contribution in [2.45, 2.75) is 13.8 Å². The van der Waals surface area contributed by atoms with Gasteiger partial charge in [-0.15, -0.1) is 0 Å². The Labute approximate surface area is 104 Å². The Hall–Kier alpha value is -0.640. The molecule has 0 N–H and O–H groups in total. The summed E-state index contributed by atoms with van der Waals surface area (Å²) >= 11 is 0. The molecular weight excluding hydrogens is 241 g/mol. The van der Waals surface area contributed by atoms with Gasteiger partial charge in [0.25, 0.3) is 0 Å². The average Bonchev–Trinajstić information content (AvgIpc) is 2.14. The van der Waals surface area contributed by atoms with Crippen LogP contribution in [-0.4, -0.2) is 50.9 Å². The Morgan fingerprint density at radius 3 is 2.24 bits per heavy atom. The normalized spacial score (nSPS) is 15.1. The molecule has 0 bridgehead atoms. The van der Waals surface area contributed by atoms with E-state index >= 15 is 0 Å². The van der Waals surface area contributed by atoms with Gasteiger partial charge in [-0.3, -0.25) is 4.52 Å². The molecule has 1 unspecified atom stereocenters. The molecule has 0 aliphatic carbocycles. The number of carbonyl (C=O) groups excluding carboxylic acids is 1. The first-order chi connectivity index (χ1) is 7.59. The summed E-state index contributed by atoms with van der Waals surface area (Å²) < 4.78 is 22.9. The molecule has 0 aromatic carbocycles. The molecule has 0 radical (unpaired) electrons. The molecule has 17 heavy (non-hydrogen) atoms. The number of rotatable bonds is 7. The lowest BCUT2D eigenvalue weighted by molar-refractivity contribution is -0.867. The number of carbonyl (C=O) groups is 1. The van der Waals surface area contributed by atoms with Gasteiger partial charge in [-0.1, -0.05) is 6.58 Å². The maximum absolute atomic E-state index is 12.3. The van der Waals surface area contributed by atoms with Crippen molar-refractivity contribution in [3.63, 3.8) is 0 Å². The Morgan fingerprint density at radius 2 is 1.88 bits per heavy atom. The van der Waals surface area contributed by atoms with Gasteiger partial charge in [-0.05, 0) is 13.8 Å². The van der Waals surface area contributed by atoms with Crippen LogP contribution in [0.15, 0.2) is 12.2 Å². The number of hydrogen-bond acceptors (Lipinski definition) is 4. The van der Waals surface area contributed by atoms with Crippen LogP contribution in [-0.2, 0) is 18.4 Å². The molecule has 0 heterocycles. The summed E-state index contributed by atoms with van der Waals surface area (Å²) in [6, 6.07) is 0. The van der Waals surface area contributed by atoms with E-state index in [0.29, 0.717) is 11.0 Å². The largest absolute Gasteiger partial charge is 0.388 e. The van der Waals surface area contributed by atoms with Crippen molar-refractivity contribution < 1.29 is 22.9 Å². The van der Waals surface area contributed by atoms with E-state index in [1.165, 1.54) is 6.92 Å². The highest BCUT2D eigenvalue weighted by atomic mass is 31.2. The third-order valence-corrected chi connectivity index (χ3v) is 3.78. The second-order valence-electron chi connectivity index (χ2n) is 4.93. The Kier molecular flexibility index (Phi) is 6.10. The molecule has 1 atom stereocenters. The van der Waals surface area contributed by atoms with Crippen molar-refractivity contribution in [1.29, 1.82) is 0 Å². The molecule has 0 aliphatic rings. The van der Waals surface area contributed by atoms with Crippen molar-refractivity contribution in [3.8, 4) is 0 Å². The lowest BCUT2D eigenvalue weighted by Gasteiger charge is -2.26. The Bertz CT molecular complexity index is 333. The fraction of sp³-hybridized carbons (Fsp3) is 0.727. The van der Waals surface area contributed by atoms with Gasteiger partial charge >= 0.3 is 13.6 Å². The second kappa shape index (κ2) is 6.34. The standard InChI is InChI=1S/C11H23NO4P/c1-7-15-17(14,9-8-12(4,5)6)16-11(13)10(2)3/h2,7-9H2,1,3-6H3/q+1. The van der Waals surface area contributed by atoms with Gasteiger partial charge in [-0.2, -0.15) is 0 Å². The molecule has 0 rings (SSSR count). The first-order valence-electron chi connectivity index (χ1n) is 5.53. The van der Waals surface area contributed by atoms with Crippen molar-refractivity contribution >= 4 is 13.6 Å². The lowest BCUT2D eigenvalue weighted by atomic mass is 10.4. The maximum Gasteiger partial charge on any atom is 0.387 e. The van der Waals surface area contributed by atoms with Crippen LogP contribution in [0.2, 0.25) is 0 Å². The molecule has 0 aromatic heterocycles. The highest BCUT2D eigenvalue weighted by molar-refractivity contribution is 7.54. The molecule has 100 valence electrons. The monoisotopic (exact) mass is 264 g/mol. The quantitative estimate of drug-likeness (QED) is 0.401. The van der Waals surface area contributed by atoms with Crippen LogP contribution in [0.4, 0.5) is 0 Å². The Morgan fingerprint density at radius 1 is 1.35 bits per heavy atom. The van der Waals surface area contributed by atoms with Crippen molar-refractivity contribution in [2.24, 2.45) is 0 Å². The molecule has 0 amide bonds. The smallest absolute Gasteiger partial charge is 0.387 e. The van der Waals surface area contributed by atoms with Crippen LogP contribution < -0.4 is 0 Å². The van der Waals surface area contributed by atoms with E-state index in [1.807, 2.05) is 21.1 Å².